The highest BCUT2D eigenvalue weighted by atomic mass is 16.5. The van der Waals surface area contributed by atoms with E-state index in [-0.39, 0.29) is 6.04 Å². The number of anilines is 2. The molecule has 144 valence electrons. The summed E-state index contributed by atoms with van der Waals surface area (Å²) in [6, 6.07) is 25.9. The number of hydrogen-bond acceptors (Lipinski definition) is 2. The number of hydrogen-bond donors (Lipinski definition) is 0. The van der Waals surface area contributed by atoms with E-state index in [4.69, 9.17) is 4.74 Å². The van der Waals surface area contributed by atoms with E-state index < -0.39 is 0 Å². The Kier molecular flexibility index (Phi) is 5.66. The number of rotatable bonds is 7. The molecule has 0 radical (unpaired) electrons. The molecule has 2 nitrogen and oxygen atoms in total. The molecule has 2 heteroatoms. The van der Waals surface area contributed by atoms with Gasteiger partial charge in [0.15, 0.2) is 11.5 Å². The summed E-state index contributed by atoms with van der Waals surface area (Å²) in [5.41, 5.74) is 4.92. The third-order valence-electron chi connectivity index (χ3n) is 5.64. The van der Waals surface area contributed by atoms with E-state index in [2.05, 4.69) is 91.5 Å². The Morgan fingerprint density at radius 3 is 2.36 bits per heavy atom. The quantitative estimate of drug-likeness (QED) is 0.393. The Morgan fingerprint density at radius 1 is 0.786 bits per heavy atom. The zero-order chi connectivity index (χ0) is 19.3. The Balaban J connectivity index is 1.73. The molecule has 0 saturated heterocycles. The molecule has 1 aliphatic heterocycles. The molecule has 0 fully saturated rings. The first-order valence-corrected chi connectivity index (χ1v) is 10.5. The van der Waals surface area contributed by atoms with Crippen molar-refractivity contribution in [3.05, 3.63) is 83.9 Å². The molecule has 1 heterocycles. The highest BCUT2D eigenvalue weighted by molar-refractivity contribution is 5.80. The number of ether oxygens (including phenoxy) is 1. The predicted molar refractivity (Wildman–Crippen MR) is 118 cm³/mol. The molecular weight excluding hydrogens is 342 g/mol. The second kappa shape index (κ2) is 8.52. The van der Waals surface area contributed by atoms with Crippen molar-refractivity contribution in [2.75, 3.05) is 4.90 Å². The molecule has 1 aliphatic rings. The SMILES string of the molecule is CCCCCCc1cccc2c1Oc1ccccc1N2C(C)c1ccccc1. The van der Waals surface area contributed by atoms with Crippen molar-refractivity contribution >= 4 is 11.4 Å². The van der Waals surface area contributed by atoms with E-state index in [1.807, 2.05) is 0 Å². The van der Waals surface area contributed by atoms with E-state index in [9.17, 15) is 0 Å². The average molecular weight is 372 g/mol. The topological polar surface area (TPSA) is 12.5 Å². The van der Waals surface area contributed by atoms with Crippen LogP contribution in [0.5, 0.6) is 11.5 Å². The van der Waals surface area contributed by atoms with Crippen LogP contribution in [0.4, 0.5) is 11.4 Å². The van der Waals surface area contributed by atoms with Crippen LogP contribution < -0.4 is 9.64 Å². The summed E-state index contributed by atoms with van der Waals surface area (Å²) in [5.74, 6) is 1.97. The summed E-state index contributed by atoms with van der Waals surface area (Å²) in [7, 11) is 0. The van der Waals surface area contributed by atoms with Crippen LogP contribution in [0, 0.1) is 0 Å². The van der Waals surface area contributed by atoms with Gasteiger partial charge in [0.25, 0.3) is 0 Å². The number of unbranched alkanes of at least 4 members (excludes halogenated alkanes) is 3. The third kappa shape index (κ3) is 3.64. The van der Waals surface area contributed by atoms with E-state index in [1.54, 1.807) is 0 Å². The molecule has 0 N–H and O–H groups in total. The van der Waals surface area contributed by atoms with Gasteiger partial charge < -0.3 is 9.64 Å². The maximum absolute atomic E-state index is 6.44. The molecule has 1 atom stereocenters. The Hall–Kier alpha value is -2.74. The fourth-order valence-corrected chi connectivity index (χ4v) is 4.10. The van der Waals surface area contributed by atoms with Gasteiger partial charge in [0, 0.05) is 0 Å². The lowest BCUT2D eigenvalue weighted by atomic mass is 9.99. The van der Waals surface area contributed by atoms with Crippen LogP contribution in [0.1, 0.15) is 56.7 Å². The summed E-state index contributed by atoms with van der Waals surface area (Å²) in [5, 5.41) is 0. The molecule has 0 aliphatic carbocycles. The molecule has 0 spiro atoms. The summed E-state index contributed by atoms with van der Waals surface area (Å²) < 4.78 is 6.44. The first-order chi connectivity index (χ1) is 13.8. The molecule has 28 heavy (non-hydrogen) atoms. The molecule has 3 aromatic carbocycles. The zero-order valence-corrected chi connectivity index (χ0v) is 16.9. The van der Waals surface area contributed by atoms with Gasteiger partial charge in [-0.05, 0) is 49.1 Å². The van der Waals surface area contributed by atoms with Crippen LogP contribution in [0.2, 0.25) is 0 Å². The Bertz CT molecular complexity index is 919. The first-order valence-electron chi connectivity index (χ1n) is 10.5. The standard InChI is InChI=1S/C26H29NO/c1-3-4-5-7-15-22-16-12-18-24-26(22)28-25-19-11-10-17-23(25)27(24)20(2)21-13-8-6-9-14-21/h6,8-14,16-20H,3-5,7,15H2,1-2H3. The fourth-order valence-electron chi connectivity index (χ4n) is 4.10. The second-order valence-corrected chi connectivity index (χ2v) is 7.60. The van der Waals surface area contributed by atoms with Crippen molar-refractivity contribution < 1.29 is 4.74 Å². The molecule has 0 bridgehead atoms. The molecule has 0 aromatic heterocycles. The van der Waals surface area contributed by atoms with Crippen LogP contribution in [0.25, 0.3) is 0 Å². The van der Waals surface area contributed by atoms with Crippen LogP contribution in [-0.4, -0.2) is 0 Å². The van der Waals surface area contributed by atoms with Crippen LogP contribution in [-0.2, 0) is 6.42 Å². The van der Waals surface area contributed by atoms with E-state index in [0.29, 0.717) is 0 Å². The summed E-state index contributed by atoms with van der Waals surface area (Å²) in [4.78, 5) is 2.43. The lowest BCUT2D eigenvalue weighted by molar-refractivity contribution is 0.461. The Labute approximate surface area is 168 Å². The van der Waals surface area contributed by atoms with Crippen LogP contribution in [0.3, 0.4) is 0 Å². The lowest BCUT2D eigenvalue weighted by Gasteiger charge is -2.38. The second-order valence-electron chi connectivity index (χ2n) is 7.60. The smallest absolute Gasteiger partial charge is 0.154 e. The van der Waals surface area contributed by atoms with Gasteiger partial charge in [-0.3, -0.25) is 0 Å². The van der Waals surface area contributed by atoms with Gasteiger partial charge in [-0.25, -0.2) is 0 Å². The van der Waals surface area contributed by atoms with Crippen molar-refractivity contribution in [3.63, 3.8) is 0 Å². The minimum Gasteiger partial charge on any atom is -0.453 e. The monoisotopic (exact) mass is 371 g/mol. The predicted octanol–water partition coefficient (Wildman–Crippen LogP) is 7.81. The molecule has 0 amide bonds. The number of nitrogens with zero attached hydrogens (tertiary/aromatic N) is 1. The summed E-state index contributed by atoms with van der Waals surface area (Å²) in [6.45, 7) is 4.53. The lowest BCUT2D eigenvalue weighted by Crippen LogP contribution is -2.25. The highest BCUT2D eigenvalue weighted by Gasteiger charge is 2.29. The number of aryl methyl sites for hydroxylation is 1. The number of para-hydroxylation sites is 3. The molecule has 4 rings (SSSR count). The van der Waals surface area contributed by atoms with Gasteiger partial charge in [0.05, 0.1) is 17.4 Å². The van der Waals surface area contributed by atoms with Crippen molar-refractivity contribution in [3.8, 4) is 11.5 Å². The van der Waals surface area contributed by atoms with Crippen LogP contribution in [0.15, 0.2) is 72.8 Å². The highest BCUT2D eigenvalue weighted by Crippen LogP contribution is 2.51. The number of fused-ring (bicyclic) bond motifs is 2. The van der Waals surface area contributed by atoms with E-state index in [1.165, 1.54) is 42.5 Å². The normalized spacial score (nSPS) is 13.4. The largest absolute Gasteiger partial charge is 0.453 e. The average Bonchev–Trinajstić information content (AvgIpc) is 2.75. The maximum Gasteiger partial charge on any atom is 0.154 e. The van der Waals surface area contributed by atoms with Gasteiger partial charge in [0.2, 0.25) is 0 Å². The number of benzene rings is 3. The van der Waals surface area contributed by atoms with E-state index >= 15 is 0 Å². The third-order valence-corrected chi connectivity index (χ3v) is 5.64. The van der Waals surface area contributed by atoms with Crippen molar-refractivity contribution in [2.45, 2.75) is 52.0 Å². The molecule has 1 unspecified atom stereocenters. The van der Waals surface area contributed by atoms with Gasteiger partial charge in [-0.1, -0.05) is 80.8 Å². The van der Waals surface area contributed by atoms with Crippen LogP contribution >= 0.6 is 0 Å². The minimum atomic E-state index is 0.223. The summed E-state index contributed by atoms with van der Waals surface area (Å²) >= 11 is 0. The fraction of sp³-hybridized carbons (Fsp3) is 0.308. The zero-order valence-electron chi connectivity index (χ0n) is 16.9. The van der Waals surface area contributed by atoms with Gasteiger partial charge in [-0.2, -0.15) is 0 Å². The molecule has 0 saturated carbocycles. The summed E-state index contributed by atoms with van der Waals surface area (Å²) in [6.07, 6.45) is 6.12. The molecule has 3 aromatic rings. The van der Waals surface area contributed by atoms with Crippen molar-refractivity contribution in [2.24, 2.45) is 0 Å². The minimum absolute atomic E-state index is 0.223. The van der Waals surface area contributed by atoms with Gasteiger partial charge in [0.1, 0.15) is 0 Å². The molecular formula is C26H29NO. The Morgan fingerprint density at radius 2 is 1.54 bits per heavy atom. The van der Waals surface area contributed by atoms with Crippen molar-refractivity contribution in [1.82, 2.24) is 0 Å². The maximum atomic E-state index is 6.44. The first kappa shape index (κ1) is 18.6. The van der Waals surface area contributed by atoms with Crippen molar-refractivity contribution in [1.29, 1.82) is 0 Å². The van der Waals surface area contributed by atoms with Gasteiger partial charge >= 0.3 is 0 Å². The van der Waals surface area contributed by atoms with Gasteiger partial charge in [-0.15, -0.1) is 0 Å². The van der Waals surface area contributed by atoms with E-state index in [0.717, 1.165) is 23.6 Å².